The molecule has 116 valence electrons. The van der Waals surface area contributed by atoms with E-state index in [1.165, 1.54) is 19.1 Å². The Morgan fingerprint density at radius 2 is 2.09 bits per heavy atom. The highest BCUT2D eigenvalue weighted by atomic mass is 19.1. The maximum absolute atomic E-state index is 13.5. The maximum Gasteiger partial charge on any atom is 0.228 e. The summed E-state index contributed by atoms with van der Waals surface area (Å²) in [5, 5.41) is 3.13. The van der Waals surface area contributed by atoms with E-state index < -0.39 is 6.17 Å². The van der Waals surface area contributed by atoms with Gasteiger partial charge in [0.1, 0.15) is 5.82 Å². The summed E-state index contributed by atoms with van der Waals surface area (Å²) in [5.41, 5.74) is 7.56. The second-order valence-corrected chi connectivity index (χ2v) is 5.64. The molecule has 5 nitrogen and oxygen atoms in total. The number of hydrogen-bond acceptors (Lipinski definition) is 5. The van der Waals surface area contributed by atoms with Crippen LogP contribution in [-0.2, 0) is 6.42 Å². The monoisotopic (exact) mass is 305 g/mol. The van der Waals surface area contributed by atoms with Crippen molar-refractivity contribution in [2.45, 2.75) is 32.5 Å². The van der Waals surface area contributed by atoms with Crippen molar-refractivity contribution >= 4 is 11.9 Å². The molecule has 0 fully saturated rings. The number of halogens is 2. The van der Waals surface area contributed by atoms with Gasteiger partial charge in [0.15, 0.2) is 12.0 Å². The van der Waals surface area contributed by atoms with Crippen molar-refractivity contribution in [2.75, 3.05) is 11.1 Å². The minimum absolute atomic E-state index is 0.0138. The van der Waals surface area contributed by atoms with Crippen LogP contribution in [-0.4, -0.2) is 15.0 Å². The number of anilines is 2. The SMILES string of the molecule is CC(F)c1nc(N)nc(N[C@H]2c3cc(F)ccc3C[C@H]2C)n1. The molecular weight excluding hydrogens is 288 g/mol. The Bertz CT molecular complexity index is 704. The zero-order valence-corrected chi connectivity index (χ0v) is 12.3. The molecule has 3 rings (SSSR count). The largest absolute Gasteiger partial charge is 0.368 e. The minimum atomic E-state index is -1.34. The van der Waals surface area contributed by atoms with E-state index in [1.54, 1.807) is 6.07 Å². The zero-order chi connectivity index (χ0) is 15.9. The molecule has 0 saturated carbocycles. The summed E-state index contributed by atoms with van der Waals surface area (Å²) in [6.45, 7) is 3.39. The third-order valence-electron chi connectivity index (χ3n) is 3.86. The topological polar surface area (TPSA) is 76.7 Å². The summed E-state index contributed by atoms with van der Waals surface area (Å²) < 4.78 is 26.9. The molecule has 1 aliphatic carbocycles. The van der Waals surface area contributed by atoms with Crippen LogP contribution in [0.1, 0.15) is 43.0 Å². The van der Waals surface area contributed by atoms with Crippen LogP contribution in [0.3, 0.4) is 0 Å². The molecule has 1 aromatic carbocycles. The first kappa shape index (κ1) is 14.6. The molecule has 1 heterocycles. The zero-order valence-electron chi connectivity index (χ0n) is 12.3. The summed E-state index contributed by atoms with van der Waals surface area (Å²) in [6.07, 6.45) is -0.503. The van der Waals surface area contributed by atoms with Gasteiger partial charge in [-0.2, -0.15) is 15.0 Å². The number of aromatic nitrogens is 3. The Balaban J connectivity index is 1.92. The van der Waals surface area contributed by atoms with E-state index in [9.17, 15) is 8.78 Å². The lowest BCUT2D eigenvalue weighted by molar-refractivity contribution is 0.356. The maximum atomic E-state index is 13.5. The standard InChI is InChI=1S/C15H17F2N5/c1-7-5-9-3-4-10(17)6-11(9)12(7)19-15-21-13(8(2)16)20-14(18)22-15/h3-4,6-8,12H,5H2,1-2H3,(H3,18,19,20,21,22)/t7-,8?,12-/m1/s1. The predicted molar refractivity (Wildman–Crippen MR) is 79.4 cm³/mol. The first-order valence-corrected chi connectivity index (χ1v) is 7.14. The first-order valence-electron chi connectivity index (χ1n) is 7.14. The van der Waals surface area contributed by atoms with Gasteiger partial charge in [-0.15, -0.1) is 0 Å². The average Bonchev–Trinajstić information content (AvgIpc) is 2.74. The van der Waals surface area contributed by atoms with Gasteiger partial charge in [-0.05, 0) is 42.5 Å². The van der Waals surface area contributed by atoms with Crippen LogP contribution in [0.25, 0.3) is 0 Å². The Labute approximate surface area is 127 Å². The molecule has 0 bridgehead atoms. The van der Waals surface area contributed by atoms with Crippen LogP contribution in [0, 0.1) is 11.7 Å². The highest BCUT2D eigenvalue weighted by Crippen LogP contribution is 2.38. The van der Waals surface area contributed by atoms with E-state index in [1.807, 2.05) is 0 Å². The number of nitrogens with two attached hydrogens (primary N) is 1. The first-order chi connectivity index (χ1) is 10.4. The molecule has 0 aliphatic heterocycles. The summed E-state index contributed by atoms with van der Waals surface area (Å²) >= 11 is 0. The molecule has 0 radical (unpaired) electrons. The fraction of sp³-hybridized carbons (Fsp3) is 0.400. The lowest BCUT2D eigenvalue weighted by Gasteiger charge is -2.19. The lowest BCUT2D eigenvalue weighted by atomic mass is 10.0. The van der Waals surface area contributed by atoms with Crippen molar-refractivity contribution in [3.63, 3.8) is 0 Å². The van der Waals surface area contributed by atoms with Crippen molar-refractivity contribution < 1.29 is 8.78 Å². The molecule has 2 aromatic rings. The molecule has 1 aromatic heterocycles. The van der Waals surface area contributed by atoms with Gasteiger partial charge in [-0.25, -0.2) is 8.78 Å². The molecule has 1 unspecified atom stereocenters. The van der Waals surface area contributed by atoms with E-state index in [4.69, 9.17) is 5.73 Å². The fourth-order valence-electron chi connectivity index (χ4n) is 2.82. The molecule has 7 heteroatoms. The van der Waals surface area contributed by atoms with E-state index in [2.05, 4.69) is 27.2 Å². The smallest absolute Gasteiger partial charge is 0.228 e. The number of benzene rings is 1. The van der Waals surface area contributed by atoms with Crippen molar-refractivity contribution in [2.24, 2.45) is 5.92 Å². The van der Waals surface area contributed by atoms with Gasteiger partial charge in [-0.1, -0.05) is 13.0 Å². The Hall–Kier alpha value is -2.31. The molecule has 0 spiro atoms. The summed E-state index contributed by atoms with van der Waals surface area (Å²) in [4.78, 5) is 11.8. The number of nitrogens with zero attached hydrogens (tertiary/aromatic N) is 3. The lowest BCUT2D eigenvalue weighted by Crippen LogP contribution is -2.18. The Morgan fingerprint density at radius 3 is 2.82 bits per heavy atom. The van der Waals surface area contributed by atoms with Crippen LogP contribution in [0.5, 0.6) is 0 Å². The van der Waals surface area contributed by atoms with Gasteiger partial charge < -0.3 is 11.1 Å². The van der Waals surface area contributed by atoms with Crippen LogP contribution >= 0.6 is 0 Å². The van der Waals surface area contributed by atoms with Crippen molar-refractivity contribution in [1.29, 1.82) is 0 Å². The summed E-state index contributed by atoms with van der Waals surface area (Å²) in [5.74, 6) is 0.108. The quantitative estimate of drug-likeness (QED) is 0.911. The molecule has 3 N–H and O–H groups in total. The van der Waals surface area contributed by atoms with E-state index in [0.29, 0.717) is 0 Å². The van der Waals surface area contributed by atoms with Crippen LogP contribution < -0.4 is 11.1 Å². The van der Waals surface area contributed by atoms with Gasteiger partial charge in [0.2, 0.25) is 11.9 Å². The fourth-order valence-corrected chi connectivity index (χ4v) is 2.82. The van der Waals surface area contributed by atoms with Gasteiger partial charge >= 0.3 is 0 Å². The number of fused-ring (bicyclic) bond motifs is 1. The molecule has 22 heavy (non-hydrogen) atoms. The molecular formula is C15H17F2N5. The number of alkyl halides is 1. The average molecular weight is 305 g/mol. The van der Waals surface area contributed by atoms with Gasteiger partial charge in [-0.3, -0.25) is 0 Å². The molecule has 3 atom stereocenters. The minimum Gasteiger partial charge on any atom is -0.368 e. The second-order valence-electron chi connectivity index (χ2n) is 5.64. The molecule has 0 amide bonds. The number of nitrogens with one attached hydrogen (secondary N) is 1. The third-order valence-corrected chi connectivity index (χ3v) is 3.86. The van der Waals surface area contributed by atoms with Crippen molar-refractivity contribution in [3.8, 4) is 0 Å². The van der Waals surface area contributed by atoms with Crippen LogP contribution in [0.15, 0.2) is 18.2 Å². The predicted octanol–water partition coefficient (Wildman–Crippen LogP) is 2.97. The van der Waals surface area contributed by atoms with Crippen LogP contribution in [0.2, 0.25) is 0 Å². The van der Waals surface area contributed by atoms with Gasteiger partial charge in [0.05, 0.1) is 6.04 Å². The second kappa shape index (κ2) is 5.47. The number of nitrogen functional groups attached to an aromatic ring is 1. The number of rotatable bonds is 3. The summed E-state index contributed by atoms with van der Waals surface area (Å²) in [7, 11) is 0. The highest BCUT2D eigenvalue weighted by Gasteiger charge is 2.30. The summed E-state index contributed by atoms with van der Waals surface area (Å²) in [6, 6.07) is 4.62. The van der Waals surface area contributed by atoms with E-state index in [-0.39, 0.29) is 35.5 Å². The Kier molecular flexibility index (Phi) is 3.64. The highest BCUT2D eigenvalue weighted by molar-refractivity contribution is 5.43. The Morgan fingerprint density at radius 1 is 1.32 bits per heavy atom. The normalized spacial score (nSPS) is 21.5. The van der Waals surface area contributed by atoms with Crippen LogP contribution in [0.4, 0.5) is 20.7 Å². The molecule has 0 saturated heterocycles. The van der Waals surface area contributed by atoms with E-state index >= 15 is 0 Å². The van der Waals surface area contributed by atoms with E-state index in [0.717, 1.165) is 17.5 Å². The number of hydrogen-bond donors (Lipinski definition) is 2. The third kappa shape index (κ3) is 2.70. The van der Waals surface area contributed by atoms with Crippen molar-refractivity contribution in [1.82, 2.24) is 15.0 Å². The molecule has 1 aliphatic rings. The van der Waals surface area contributed by atoms with Crippen molar-refractivity contribution in [3.05, 3.63) is 41.0 Å². The van der Waals surface area contributed by atoms with Gasteiger partial charge in [0.25, 0.3) is 0 Å². The van der Waals surface area contributed by atoms with Gasteiger partial charge in [0, 0.05) is 0 Å².